The van der Waals surface area contributed by atoms with Crippen molar-refractivity contribution in [3.8, 4) is 21.6 Å². The van der Waals surface area contributed by atoms with Crippen LogP contribution >= 0.6 is 10.7 Å². The van der Waals surface area contributed by atoms with Gasteiger partial charge in [-0.25, -0.2) is 0 Å². The molecular weight excluding hydrogens is 513 g/mol. The molecule has 0 aliphatic rings. The molecule has 4 rings (SSSR count). The van der Waals surface area contributed by atoms with Crippen LogP contribution in [0, 0.1) is 6.92 Å². The van der Waals surface area contributed by atoms with Crippen LogP contribution in [0.3, 0.4) is 0 Å². The fourth-order valence-electron chi connectivity index (χ4n) is 3.88. The van der Waals surface area contributed by atoms with Crippen LogP contribution in [-0.4, -0.2) is 16.2 Å². The number of para-hydroxylation sites is 1. The van der Waals surface area contributed by atoms with Crippen LogP contribution in [0.5, 0.6) is 0 Å². The van der Waals surface area contributed by atoms with Gasteiger partial charge in [0.25, 0.3) is 5.91 Å². The number of nitrogens with one attached hydrogen (secondary N) is 1. The van der Waals surface area contributed by atoms with E-state index < -0.39 is 40.0 Å². The van der Waals surface area contributed by atoms with Crippen LogP contribution < -0.4 is 11.1 Å². The highest BCUT2D eigenvalue weighted by Gasteiger charge is 2.33. The highest BCUT2D eigenvalue weighted by molar-refractivity contribution is 7.29. The summed E-state index contributed by atoms with van der Waals surface area (Å²) in [5, 5.41) is 2.67. The summed E-state index contributed by atoms with van der Waals surface area (Å²) in [6, 6.07) is 16.4. The van der Waals surface area contributed by atoms with Gasteiger partial charge in [-0.15, -0.1) is 8.78 Å². The maximum absolute atomic E-state index is 13.7. The van der Waals surface area contributed by atoms with Crippen LogP contribution in [0.25, 0.3) is 21.6 Å². The maximum atomic E-state index is 13.7. The van der Waals surface area contributed by atoms with Gasteiger partial charge in [-0.2, -0.15) is 13.2 Å². The Morgan fingerprint density at radius 1 is 0.946 bits per heavy atom. The molecule has 4 aromatic rings. The van der Waals surface area contributed by atoms with Gasteiger partial charge in [-0.3, -0.25) is 9.59 Å². The number of carbonyl (C=O) groups excluding carboxylic acids is 2. The van der Waals surface area contributed by atoms with E-state index in [0.29, 0.717) is 16.8 Å². The zero-order valence-corrected chi connectivity index (χ0v) is 20.0. The summed E-state index contributed by atoms with van der Waals surface area (Å²) in [5.74, 6) is -4.56. The third-order valence-electron chi connectivity index (χ3n) is 5.50. The number of aryl methyl sites for hydroxylation is 1. The fourth-order valence-corrected chi connectivity index (χ4v) is 5.30. The second-order valence-corrected chi connectivity index (χ2v) is 9.59. The first kappa shape index (κ1) is 26.0. The summed E-state index contributed by atoms with van der Waals surface area (Å²) in [7, 11) is -1.84. The van der Waals surface area contributed by atoms with Gasteiger partial charge in [0.05, 0.1) is 27.9 Å². The molecule has 37 heavy (non-hydrogen) atoms. The van der Waals surface area contributed by atoms with E-state index in [0.717, 1.165) is 12.1 Å². The number of halogens is 5. The average molecular weight is 533 g/mol. The third kappa shape index (κ3) is 5.36. The van der Waals surface area contributed by atoms with Crippen LogP contribution in [0.15, 0.2) is 72.8 Å². The first-order valence-electron chi connectivity index (χ1n) is 10.8. The second-order valence-electron chi connectivity index (χ2n) is 7.98. The van der Waals surface area contributed by atoms with Crippen LogP contribution in [0.1, 0.15) is 37.7 Å². The number of aromatic nitrogens is 1. The lowest BCUT2D eigenvalue weighted by Crippen LogP contribution is -2.21. The zero-order chi connectivity index (χ0) is 26.9. The van der Waals surface area contributed by atoms with Gasteiger partial charge in [0.2, 0.25) is 10.8 Å². The molecule has 3 N–H and O–H groups in total. The van der Waals surface area contributed by atoms with Crippen molar-refractivity contribution >= 4 is 28.2 Å². The van der Waals surface area contributed by atoms with Crippen LogP contribution in [0.4, 0.5) is 27.6 Å². The van der Waals surface area contributed by atoms with Gasteiger partial charge in [0.1, 0.15) is 0 Å². The number of hydrogen-bond donors (Lipinski definition) is 2. The van der Waals surface area contributed by atoms with E-state index in [1.54, 1.807) is 25.1 Å². The Bertz CT molecular complexity index is 1480. The summed E-state index contributed by atoms with van der Waals surface area (Å²) in [6.45, 7) is 1.55. The molecule has 1 atom stereocenters. The molecule has 0 fully saturated rings. The van der Waals surface area contributed by atoms with Gasteiger partial charge in [-0.05, 0) is 47.2 Å². The number of carbonyl (C=O) groups is 2. The Morgan fingerprint density at radius 3 is 2.22 bits per heavy atom. The standard InChI is InChI=1S/C26H18F5N3O2S/c1-14-13-21(37(34-14)25(27)28)18-6-4-7-19(23(32)35)22(18)24(36)33-20-8-3-2-5-17(20)15-9-11-16(12-10-15)26(29,30)31/h2-13,25H,1H3,(H2-,32,33,35,36)/p+1. The average Bonchev–Trinajstić information content (AvgIpc) is 3.25. The summed E-state index contributed by atoms with van der Waals surface area (Å²) < 4.78 is 70.4. The molecule has 1 heterocycles. The van der Waals surface area contributed by atoms with Crippen LogP contribution in [0.2, 0.25) is 0 Å². The van der Waals surface area contributed by atoms with Gasteiger partial charge >= 0.3 is 11.9 Å². The summed E-state index contributed by atoms with van der Waals surface area (Å²) >= 11 is 0. The van der Waals surface area contributed by atoms with E-state index in [2.05, 4.69) is 9.69 Å². The number of benzene rings is 3. The normalized spacial score (nSPS) is 12.0. The van der Waals surface area contributed by atoms with Crippen molar-refractivity contribution in [3.63, 3.8) is 0 Å². The number of anilines is 1. The molecule has 0 aliphatic heterocycles. The Balaban J connectivity index is 1.79. The molecule has 0 bridgehead atoms. The van der Waals surface area contributed by atoms with Crippen molar-refractivity contribution in [2.75, 3.05) is 5.32 Å². The Labute approximate surface area is 210 Å². The summed E-state index contributed by atoms with van der Waals surface area (Å²) in [4.78, 5) is 25.8. The van der Waals surface area contributed by atoms with Crippen molar-refractivity contribution in [2.24, 2.45) is 5.73 Å². The quantitative estimate of drug-likeness (QED) is 0.203. The predicted octanol–water partition coefficient (Wildman–Crippen LogP) is 7.24. The summed E-state index contributed by atoms with van der Waals surface area (Å²) in [6.07, 6.45) is -4.51. The van der Waals surface area contributed by atoms with E-state index in [4.69, 9.17) is 5.73 Å². The van der Waals surface area contributed by atoms with Crippen molar-refractivity contribution in [3.05, 3.63) is 95.2 Å². The minimum Gasteiger partial charge on any atom is -0.366 e. The first-order valence-corrected chi connectivity index (χ1v) is 12.0. The molecule has 190 valence electrons. The Kier molecular flexibility index (Phi) is 7.08. The smallest absolute Gasteiger partial charge is 0.366 e. The van der Waals surface area contributed by atoms with E-state index in [9.17, 15) is 31.5 Å². The van der Waals surface area contributed by atoms with Crippen molar-refractivity contribution in [1.29, 1.82) is 0 Å². The predicted molar refractivity (Wildman–Crippen MR) is 131 cm³/mol. The van der Waals surface area contributed by atoms with Gasteiger partial charge in [0, 0.05) is 17.3 Å². The monoisotopic (exact) mass is 532 g/mol. The molecule has 3 aromatic carbocycles. The van der Waals surface area contributed by atoms with Crippen molar-refractivity contribution in [2.45, 2.75) is 18.9 Å². The van der Waals surface area contributed by atoms with E-state index in [1.807, 2.05) is 0 Å². The van der Waals surface area contributed by atoms with E-state index >= 15 is 0 Å². The van der Waals surface area contributed by atoms with Crippen molar-refractivity contribution in [1.82, 2.24) is 4.37 Å². The number of nitrogens with two attached hydrogens (primary N) is 1. The maximum Gasteiger partial charge on any atom is 0.443 e. The largest absolute Gasteiger partial charge is 0.443 e. The Morgan fingerprint density at radius 2 is 1.59 bits per heavy atom. The summed E-state index contributed by atoms with van der Waals surface area (Å²) in [5.41, 5.74) is 5.78. The molecule has 1 aromatic heterocycles. The molecule has 11 heteroatoms. The molecule has 0 spiro atoms. The first-order chi connectivity index (χ1) is 17.5. The molecule has 0 saturated carbocycles. The Hall–Kier alpha value is -4.12. The lowest BCUT2D eigenvalue weighted by molar-refractivity contribution is -0.137. The van der Waals surface area contributed by atoms with E-state index in [-0.39, 0.29) is 27.3 Å². The SMILES string of the molecule is Cc1cc(-c2cccc(C(N)=O)c2C(=O)Nc2ccccc2-c2ccc(C(F)(F)F)cc2)[s+](C(F)F)n1. The van der Waals surface area contributed by atoms with Gasteiger partial charge < -0.3 is 11.1 Å². The lowest BCUT2D eigenvalue weighted by Gasteiger charge is -2.15. The highest BCUT2D eigenvalue weighted by Crippen LogP contribution is 2.44. The molecule has 1 unspecified atom stereocenters. The molecule has 2 amide bonds. The van der Waals surface area contributed by atoms with Gasteiger partial charge in [0.15, 0.2) is 10.7 Å². The van der Waals surface area contributed by atoms with E-state index in [1.165, 1.54) is 42.5 Å². The number of rotatable bonds is 6. The molecular formula is C26H19F5N3O2S+. The topological polar surface area (TPSA) is 85.1 Å². The minimum atomic E-state index is -4.51. The fraction of sp³-hybridized carbons (Fsp3) is 0.115. The third-order valence-corrected chi connectivity index (χ3v) is 7.11. The van der Waals surface area contributed by atoms with Crippen LogP contribution in [-0.2, 0) is 6.18 Å². The number of nitrogens with zero attached hydrogens (tertiary/aromatic N) is 1. The number of hydrogen-bond acceptors (Lipinski definition) is 3. The minimum absolute atomic E-state index is 0.0880. The van der Waals surface area contributed by atoms with Crippen molar-refractivity contribution < 1.29 is 31.5 Å². The molecule has 0 radical (unpaired) electrons. The van der Waals surface area contributed by atoms with Gasteiger partial charge in [-0.1, -0.05) is 36.4 Å². The molecule has 5 nitrogen and oxygen atoms in total. The zero-order valence-electron chi connectivity index (χ0n) is 19.1. The molecule has 0 aliphatic carbocycles. The molecule has 0 saturated heterocycles. The number of amides is 2. The number of alkyl halides is 5. The lowest BCUT2D eigenvalue weighted by atomic mass is 9.97. The number of primary amides is 1. The highest BCUT2D eigenvalue weighted by atomic mass is 32.2. The second kappa shape index (κ2) is 10.1.